The molecule has 0 aliphatic heterocycles. The number of aryl methyl sites for hydroxylation is 2. The number of hydrogen-bond donors (Lipinski definition) is 0. The first-order valence-corrected chi connectivity index (χ1v) is 17.0. The van der Waals surface area contributed by atoms with Gasteiger partial charge in [-0.15, -0.1) is 0 Å². The highest BCUT2D eigenvalue weighted by atomic mass is 16.5. The number of carbonyl (C=O) groups is 6. The van der Waals surface area contributed by atoms with Gasteiger partial charge in [0.05, 0.1) is 21.3 Å². The zero-order chi connectivity index (χ0) is 38.3. The van der Waals surface area contributed by atoms with Gasteiger partial charge in [0.2, 0.25) is 0 Å². The van der Waals surface area contributed by atoms with E-state index < -0.39 is 41.2 Å². The maximum atomic E-state index is 12.5. The Kier molecular flexibility index (Phi) is 15.5. The molecule has 0 saturated carbocycles. The second-order valence-electron chi connectivity index (χ2n) is 12.3. The maximum absolute atomic E-state index is 12.5. The van der Waals surface area contributed by atoms with Crippen LogP contribution in [0.25, 0.3) is 0 Å². The molecule has 0 aromatic heterocycles. The smallest absolute Gasteiger partial charge is 0.311 e. The summed E-state index contributed by atoms with van der Waals surface area (Å²) in [5, 5.41) is 0. The molecule has 0 fully saturated rings. The lowest BCUT2D eigenvalue weighted by molar-refractivity contribution is -0.142. The number of hydrogen-bond acceptors (Lipinski definition) is 12. The molecule has 52 heavy (non-hydrogen) atoms. The predicted molar refractivity (Wildman–Crippen MR) is 189 cm³/mol. The van der Waals surface area contributed by atoms with Crippen LogP contribution in [0.2, 0.25) is 0 Å². The summed E-state index contributed by atoms with van der Waals surface area (Å²) in [5.41, 5.74) is 3.17. The van der Waals surface area contributed by atoms with Crippen molar-refractivity contribution in [3.05, 3.63) is 88.5 Å². The third kappa shape index (κ3) is 11.8. The van der Waals surface area contributed by atoms with Gasteiger partial charge >= 0.3 is 35.8 Å². The third-order valence-electron chi connectivity index (χ3n) is 8.58. The van der Waals surface area contributed by atoms with Gasteiger partial charge in [-0.1, -0.05) is 36.4 Å². The second kappa shape index (κ2) is 19.8. The average Bonchev–Trinajstić information content (AvgIpc) is 3.12. The molecule has 0 N–H and O–H groups in total. The van der Waals surface area contributed by atoms with E-state index in [1.54, 1.807) is 24.3 Å². The first-order chi connectivity index (χ1) is 24.8. The third-order valence-corrected chi connectivity index (χ3v) is 8.58. The van der Waals surface area contributed by atoms with Gasteiger partial charge in [-0.3, -0.25) is 28.8 Å². The SMILES string of the molecule is COC(=O)CCCC(=O)Oc1ccc(C(C)(c2ccc(OC(=O)CCCC(=O)OC)c(C)c2)c2ccc(OC(=O)CCCC(=O)OC)c(C)c2)cc1. The largest absolute Gasteiger partial charge is 0.469 e. The number of ether oxygens (including phenoxy) is 6. The molecule has 0 heterocycles. The van der Waals surface area contributed by atoms with Crippen LogP contribution in [0.15, 0.2) is 60.7 Å². The highest BCUT2D eigenvalue weighted by Crippen LogP contribution is 2.42. The molecule has 12 heteroatoms. The Morgan fingerprint density at radius 3 is 1.13 bits per heavy atom. The van der Waals surface area contributed by atoms with Crippen molar-refractivity contribution in [1.82, 2.24) is 0 Å². The van der Waals surface area contributed by atoms with Gasteiger partial charge in [-0.2, -0.15) is 0 Å². The summed E-state index contributed by atoms with van der Waals surface area (Å²) in [6.45, 7) is 5.69. The molecule has 12 nitrogen and oxygen atoms in total. The van der Waals surface area contributed by atoms with Gasteiger partial charge in [0, 0.05) is 43.9 Å². The predicted octanol–water partition coefficient (Wildman–Crippen LogP) is 6.40. The summed E-state index contributed by atoms with van der Waals surface area (Å²) in [4.78, 5) is 71.7. The second-order valence-corrected chi connectivity index (χ2v) is 12.3. The highest BCUT2D eigenvalue weighted by Gasteiger charge is 2.33. The van der Waals surface area contributed by atoms with Crippen molar-refractivity contribution in [3.63, 3.8) is 0 Å². The van der Waals surface area contributed by atoms with E-state index in [-0.39, 0.29) is 38.5 Å². The summed E-state index contributed by atoms with van der Waals surface area (Å²) in [5.74, 6) is -1.50. The Bertz CT molecular complexity index is 1660. The van der Waals surface area contributed by atoms with Gasteiger partial charge in [0.25, 0.3) is 0 Å². The minimum absolute atomic E-state index is 0.0531. The molecule has 0 unspecified atom stereocenters. The molecule has 0 atom stereocenters. The quantitative estimate of drug-likeness (QED) is 0.0618. The van der Waals surface area contributed by atoms with Gasteiger partial charge in [-0.25, -0.2) is 0 Å². The van der Waals surface area contributed by atoms with Gasteiger partial charge in [-0.05, 0) is 92.1 Å². The van der Waals surface area contributed by atoms with Gasteiger partial charge in [0.1, 0.15) is 17.2 Å². The highest BCUT2D eigenvalue weighted by molar-refractivity contribution is 5.76. The van der Waals surface area contributed by atoms with Crippen molar-refractivity contribution in [3.8, 4) is 17.2 Å². The fourth-order valence-electron chi connectivity index (χ4n) is 5.47. The standard InChI is InChI=1S/C40H46O12/c1-26-24-29(18-22-32(26)51-38(45)14-8-11-35(42)48-5)40(3,28-16-20-31(21-17-28)50-37(44)13-7-10-34(41)47-4)30-19-23-33(27(2)25-30)52-39(46)15-9-12-36(43)49-6/h16-25H,7-15H2,1-6H3. The number of rotatable bonds is 18. The van der Waals surface area contributed by atoms with Crippen LogP contribution in [0.3, 0.4) is 0 Å². The Balaban J connectivity index is 1.91. The van der Waals surface area contributed by atoms with E-state index in [1.807, 2.05) is 57.2 Å². The van der Waals surface area contributed by atoms with E-state index in [2.05, 4.69) is 14.2 Å². The Labute approximate surface area is 303 Å². The van der Waals surface area contributed by atoms with E-state index in [0.29, 0.717) is 47.6 Å². The number of esters is 6. The Morgan fingerprint density at radius 1 is 0.462 bits per heavy atom. The fraction of sp³-hybridized carbons (Fsp3) is 0.400. The van der Waals surface area contributed by atoms with Crippen molar-refractivity contribution in [2.45, 2.75) is 84.0 Å². The van der Waals surface area contributed by atoms with Crippen LogP contribution in [0.1, 0.15) is 92.5 Å². The molecule has 3 aromatic rings. The first-order valence-electron chi connectivity index (χ1n) is 17.0. The van der Waals surface area contributed by atoms with Crippen molar-refractivity contribution < 1.29 is 57.2 Å². The molecule has 3 aromatic carbocycles. The van der Waals surface area contributed by atoms with E-state index >= 15 is 0 Å². The van der Waals surface area contributed by atoms with E-state index in [1.165, 1.54) is 21.3 Å². The monoisotopic (exact) mass is 718 g/mol. The van der Waals surface area contributed by atoms with E-state index in [0.717, 1.165) is 16.7 Å². The summed E-state index contributed by atoms with van der Waals surface area (Å²) in [6.07, 6.45) is 1.41. The molecule has 0 spiro atoms. The van der Waals surface area contributed by atoms with Crippen LogP contribution in [-0.4, -0.2) is 57.1 Å². The lowest BCUT2D eigenvalue weighted by Crippen LogP contribution is -2.26. The van der Waals surface area contributed by atoms with Gasteiger partial charge in [0.15, 0.2) is 0 Å². The topological polar surface area (TPSA) is 158 Å². The van der Waals surface area contributed by atoms with E-state index in [9.17, 15) is 28.8 Å². The zero-order valence-corrected chi connectivity index (χ0v) is 30.5. The van der Waals surface area contributed by atoms with Crippen LogP contribution < -0.4 is 14.2 Å². The number of benzene rings is 3. The molecule has 0 aliphatic carbocycles. The molecule has 3 rings (SSSR count). The Hall–Kier alpha value is -5.52. The van der Waals surface area contributed by atoms with Crippen LogP contribution in [0.4, 0.5) is 0 Å². The summed E-state index contributed by atoms with van der Waals surface area (Å²) in [7, 11) is 3.88. The zero-order valence-electron chi connectivity index (χ0n) is 30.5. The number of methoxy groups -OCH3 is 3. The molecular formula is C40H46O12. The number of carbonyl (C=O) groups excluding carboxylic acids is 6. The van der Waals surface area contributed by atoms with Crippen LogP contribution >= 0.6 is 0 Å². The fourth-order valence-corrected chi connectivity index (χ4v) is 5.47. The van der Waals surface area contributed by atoms with Crippen molar-refractivity contribution >= 4 is 35.8 Å². The summed E-state index contributed by atoms with van der Waals surface area (Å²) in [6, 6.07) is 18.1. The van der Waals surface area contributed by atoms with Crippen LogP contribution in [0.5, 0.6) is 17.2 Å². The maximum Gasteiger partial charge on any atom is 0.311 e. The lowest BCUT2D eigenvalue weighted by Gasteiger charge is -2.33. The molecule has 0 aliphatic rings. The molecule has 278 valence electrons. The van der Waals surface area contributed by atoms with Crippen molar-refractivity contribution in [1.29, 1.82) is 0 Å². The van der Waals surface area contributed by atoms with Gasteiger partial charge < -0.3 is 28.4 Å². The Morgan fingerprint density at radius 2 is 0.788 bits per heavy atom. The average molecular weight is 719 g/mol. The van der Waals surface area contributed by atoms with E-state index in [4.69, 9.17) is 14.2 Å². The lowest BCUT2D eigenvalue weighted by atomic mass is 9.70. The normalized spacial score (nSPS) is 10.9. The van der Waals surface area contributed by atoms with Crippen LogP contribution in [-0.2, 0) is 48.4 Å². The molecule has 0 radical (unpaired) electrons. The molecular weight excluding hydrogens is 672 g/mol. The minimum atomic E-state index is -0.801. The molecule has 0 amide bonds. The van der Waals surface area contributed by atoms with Crippen molar-refractivity contribution in [2.24, 2.45) is 0 Å². The molecule has 0 saturated heterocycles. The summed E-state index contributed by atoms with van der Waals surface area (Å²) < 4.78 is 30.6. The molecule has 0 bridgehead atoms. The van der Waals surface area contributed by atoms with Crippen LogP contribution in [0, 0.1) is 13.8 Å². The minimum Gasteiger partial charge on any atom is -0.469 e. The first kappa shape index (κ1) is 40.9. The van der Waals surface area contributed by atoms with Crippen molar-refractivity contribution in [2.75, 3.05) is 21.3 Å². The summed E-state index contributed by atoms with van der Waals surface area (Å²) >= 11 is 0.